The Morgan fingerprint density at radius 1 is 0.641 bits per heavy atom. The third-order valence-electron chi connectivity index (χ3n) is 6.34. The van der Waals surface area contributed by atoms with E-state index >= 15 is 0 Å². The van der Waals surface area contributed by atoms with Gasteiger partial charge in [0, 0.05) is 39.3 Å². The van der Waals surface area contributed by atoms with E-state index in [0.29, 0.717) is 0 Å². The van der Waals surface area contributed by atoms with Gasteiger partial charge in [0.15, 0.2) is 0 Å². The molecule has 0 aliphatic rings. The summed E-state index contributed by atoms with van der Waals surface area (Å²) in [4.78, 5) is 0. The summed E-state index contributed by atoms with van der Waals surface area (Å²) in [5, 5.41) is 7.25. The first kappa shape index (κ1) is 31.0. The van der Waals surface area contributed by atoms with E-state index in [1.165, 1.54) is 15.9 Å². The molecule has 0 aliphatic carbocycles. The summed E-state index contributed by atoms with van der Waals surface area (Å²) in [5.74, 6) is 0. The number of fused-ring (bicyclic) bond motifs is 1. The first-order chi connectivity index (χ1) is 18.5. The van der Waals surface area contributed by atoms with Crippen LogP contribution in [0.1, 0.15) is 29.1 Å². The van der Waals surface area contributed by atoms with E-state index in [0.717, 1.165) is 16.1 Å². The van der Waals surface area contributed by atoms with Gasteiger partial charge in [0.25, 0.3) is 0 Å². The van der Waals surface area contributed by atoms with Gasteiger partial charge in [-0.1, -0.05) is 89.6 Å². The molecule has 2 nitrogen and oxygen atoms in total. The summed E-state index contributed by atoms with van der Waals surface area (Å²) in [6.07, 6.45) is 0. The minimum absolute atomic E-state index is 0. The van der Waals surface area contributed by atoms with E-state index in [2.05, 4.69) is 129 Å². The van der Waals surface area contributed by atoms with Crippen LogP contribution in [0, 0.1) is 6.07 Å². The molecule has 0 aromatic heterocycles. The van der Waals surface area contributed by atoms with Gasteiger partial charge in [-0.25, -0.2) is 0 Å². The molecule has 0 saturated carbocycles. The monoisotopic (exact) mass is 644 g/mol. The molecule has 1 unspecified atom stereocenters. The summed E-state index contributed by atoms with van der Waals surface area (Å²) in [6, 6.07) is 48.1. The van der Waals surface area contributed by atoms with E-state index < -0.39 is 15.9 Å². The molecule has 5 aromatic rings. The molecule has 0 aliphatic heterocycles. The fourth-order valence-corrected chi connectivity index (χ4v) is 9.01. The summed E-state index contributed by atoms with van der Waals surface area (Å²) in [7, 11) is -2.44. The molecule has 0 amide bonds. The van der Waals surface area contributed by atoms with Crippen LogP contribution in [0.25, 0.3) is 10.8 Å². The van der Waals surface area contributed by atoms with Crippen LogP contribution in [0.2, 0.25) is 0 Å². The zero-order valence-electron chi connectivity index (χ0n) is 22.9. The molecule has 0 bridgehead atoms. The second kappa shape index (κ2) is 15.3. The fraction of sp³-hybridized carbons (Fsp3) is 0.176. The Morgan fingerprint density at radius 3 is 1.51 bits per heavy atom. The molecule has 5 rings (SSSR count). The van der Waals surface area contributed by atoms with E-state index in [1.54, 1.807) is 0 Å². The predicted molar refractivity (Wildman–Crippen MR) is 171 cm³/mol. The largest absolute Gasteiger partial charge is 0.475 e. The van der Waals surface area contributed by atoms with Crippen LogP contribution in [0.3, 0.4) is 0 Å². The molecule has 5 heteroatoms. The first-order valence-electron chi connectivity index (χ1n) is 13.2. The smallest absolute Gasteiger partial charge is 0.0869 e. The van der Waals surface area contributed by atoms with Gasteiger partial charge in [-0.3, -0.25) is 0 Å². The van der Waals surface area contributed by atoms with Gasteiger partial charge in [-0.2, -0.15) is 0 Å². The number of hydrogen-bond acceptors (Lipinski definition) is 1. The van der Waals surface area contributed by atoms with Crippen molar-refractivity contribution < 1.29 is 26.4 Å². The van der Waals surface area contributed by atoms with Gasteiger partial charge in [-0.15, -0.1) is 0 Å². The van der Waals surface area contributed by atoms with E-state index in [9.17, 15) is 4.57 Å². The molecule has 1 radical (unpaired) electrons. The third-order valence-corrected chi connectivity index (χ3v) is 11.2. The van der Waals surface area contributed by atoms with E-state index in [-0.39, 0.29) is 33.9 Å². The minimum Gasteiger partial charge on any atom is -0.0869 e. The molecule has 1 atom stereocenters. The maximum atomic E-state index is 12.9. The molecular formula is C34H38NOP2Pd+2. The van der Waals surface area contributed by atoms with Crippen LogP contribution in [0.5, 0.6) is 0 Å². The average Bonchev–Trinajstić information content (AvgIpc) is 2.94. The van der Waals surface area contributed by atoms with Crippen molar-refractivity contribution in [3.8, 4) is 0 Å². The minimum atomic E-state index is -1.57. The Kier molecular flexibility index (Phi) is 12.2. The molecule has 0 spiro atoms. The second-order valence-corrected chi connectivity index (χ2v) is 13.7. The van der Waals surface area contributed by atoms with Crippen molar-refractivity contribution in [1.29, 1.82) is 0 Å². The van der Waals surface area contributed by atoms with Crippen LogP contribution >= 0.6 is 15.9 Å². The van der Waals surface area contributed by atoms with Crippen molar-refractivity contribution in [2.75, 3.05) is 0 Å². The summed E-state index contributed by atoms with van der Waals surface area (Å²) in [5.41, 5.74) is 0. The normalized spacial score (nSPS) is 11.3. The molecular weight excluding hydrogens is 607 g/mol. The summed E-state index contributed by atoms with van der Waals surface area (Å²) < 4.78 is 15.0. The Bertz CT molecular complexity index is 1340. The molecule has 0 heterocycles. The zero-order chi connectivity index (χ0) is 26.9. The van der Waals surface area contributed by atoms with Crippen LogP contribution in [-0.4, -0.2) is 16.8 Å². The Balaban J connectivity index is 0.000000267. The zero-order valence-corrected chi connectivity index (χ0v) is 26.3. The van der Waals surface area contributed by atoms with E-state index in [1.807, 2.05) is 36.4 Å². The van der Waals surface area contributed by atoms with Gasteiger partial charge in [-0.05, 0) is 86.2 Å². The van der Waals surface area contributed by atoms with Crippen molar-refractivity contribution in [1.82, 2.24) is 4.67 Å². The number of nitrogens with zero attached hydrogens (tertiary/aromatic N) is 1. The molecule has 0 saturated heterocycles. The van der Waals surface area contributed by atoms with Gasteiger partial charge in [0.2, 0.25) is 5.30 Å². The molecule has 0 N–H and O–H groups in total. The van der Waals surface area contributed by atoms with Gasteiger partial charge in [0.1, 0.15) is 15.9 Å². The second-order valence-electron chi connectivity index (χ2n) is 9.73. The maximum Gasteiger partial charge on any atom is 0.475 e. The number of rotatable bonds is 7. The van der Waals surface area contributed by atoms with Gasteiger partial charge >= 0.3 is 7.95 Å². The Morgan fingerprint density at radius 2 is 1.08 bits per heavy atom. The average molecular weight is 645 g/mol. The molecule has 5 aromatic carbocycles. The van der Waals surface area contributed by atoms with Crippen molar-refractivity contribution in [2.24, 2.45) is 0 Å². The van der Waals surface area contributed by atoms with Crippen molar-refractivity contribution in [3.63, 3.8) is 0 Å². The van der Waals surface area contributed by atoms with E-state index in [4.69, 9.17) is 0 Å². The fourth-order valence-electron chi connectivity index (χ4n) is 4.75. The topological polar surface area (TPSA) is 20.3 Å². The van der Waals surface area contributed by atoms with Crippen LogP contribution in [0.4, 0.5) is 0 Å². The molecule has 203 valence electrons. The van der Waals surface area contributed by atoms with Crippen LogP contribution < -0.4 is 21.2 Å². The summed E-state index contributed by atoms with van der Waals surface area (Å²) >= 11 is 0. The van der Waals surface area contributed by atoms with Crippen LogP contribution in [0.15, 0.2) is 127 Å². The predicted octanol–water partition coefficient (Wildman–Crippen LogP) is 7.55. The SMILES string of the molecule is CC(C)N(C(C)C)[P+](=O)c1cccc2ccc[c]c12.[HH].[Pd].c1ccc([PH+](c2ccccc2)c2ccccc2)cc1. The standard InChI is InChI=1S/C18H15P.C16H20NOP.Pd.H2/c1-4-10-16(11-5-1)19(17-12-6-2-7-13-17)18-14-8-3-9-15-18;1-12(2)17(13(3)4)19(18)16-11-7-9-14-8-5-6-10-15(14)16;;/h1-15H;5-9,11-13H,1-4H3;;1H/q;+1;;/p+1. The van der Waals surface area contributed by atoms with Crippen molar-refractivity contribution in [3.05, 3.63) is 133 Å². The Labute approximate surface area is 251 Å². The Hall–Kier alpha value is -2.49. The first-order valence-corrected chi connectivity index (χ1v) is 15.9. The summed E-state index contributed by atoms with van der Waals surface area (Å²) in [6.45, 7) is 8.34. The number of hydrogen-bond donors (Lipinski definition) is 0. The molecule has 0 fully saturated rings. The van der Waals surface area contributed by atoms with Gasteiger partial charge in [0.05, 0.1) is 7.92 Å². The quantitative estimate of drug-likeness (QED) is 0.135. The maximum absolute atomic E-state index is 12.9. The van der Waals surface area contributed by atoms with Gasteiger partial charge < -0.3 is 0 Å². The van der Waals surface area contributed by atoms with Crippen molar-refractivity contribution >= 4 is 47.9 Å². The number of benzene rings is 5. The van der Waals surface area contributed by atoms with Crippen LogP contribution in [-0.2, 0) is 25.0 Å². The molecule has 39 heavy (non-hydrogen) atoms. The third kappa shape index (κ3) is 8.02. The van der Waals surface area contributed by atoms with Crippen molar-refractivity contribution in [2.45, 2.75) is 39.8 Å².